The van der Waals surface area contributed by atoms with Gasteiger partial charge in [-0.2, -0.15) is 0 Å². The average molecular weight is 248 g/mol. The highest BCUT2D eigenvalue weighted by Gasteiger charge is 2.07. The second-order valence-corrected chi connectivity index (χ2v) is 4.88. The Morgan fingerprint density at radius 3 is 2.00 bits per heavy atom. The number of anilines is 2. The predicted octanol–water partition coefficient (Wildman–Crippen LogP) is 3.88. The Balaban J connectivity index is 2.60. The van der Waals surface area contributed by atoms with E-state index in [0.29, 0.717) is 6.04 Å². The summed E-state index contributed by atoms with van der Waals surface area (Å²) < 4.78 is 0. The van der Waals surface area contributed by atoms with Crippen LogP contribution in [0.4, 0.5) is 11.4 Å². The Morgan fingerprint density at radius 1 is 1.06 bits per heavy atom. The maximum Gasteiger partial charge on any atom is 0.226 e. The van der Waals surface area contributed by atoms with Crippen molar-refractivity contribution in [2.24, 2.45) is 5.92 Å². The molecule has 1 aromatic carbocycles. The molecule has 0 saturated heterocycles. The van der Waals surface area contributed by atoms with Crippen LogP contribution < -0.4 is 10.6 Å². The van der Waals surface area contributed by atoms with Crippen LogP contribution in [0, 0.1) is 5.92 Å². The van der Waals surface area contributed by atoms with Gasteiger partial charge in [-0.25, -0.2) is 0 Å². The van der Waals surface area contributed by atoms with Gasteiger partial charge < -0.3 is 10.6 Å². The van der Waals surface area contributed by atoms with Gasteiger partial charge in [-0.15, -0.1) is 0 Å². The summed E-state index contributed by atoms with van der Waals surface area (Å²) in [6, 6.07) is 8.40. The lowest BCUT2D eigenvalue weighted by Gasteiger charge is -2.16. The first-order valence-corrected chi connectivity index (χ1v) is 6.74. The van der Waals surface area contributed by atoms with Crippen molar-refractivity contribution in [2.45, 2.75) is 46.6 Å². The second-order valence-electron chi connectivity index (χ2n) is 4.88. The van der Waals surface area contributed by atoms with Crippen molar-refractivity contribution in [1.82, 2.24) is 0 Å². The van der Waals surface area contributed by atoms with E-state index in [9.17, 15) is 4.79 Å². The van der Waals surface area contributed by atoms with Gasteiger partial charge in [0.25, 0.3) is 0 Å². The van der Waals surface area contributed by atoms with E-state index < -0.39 is 0 Å². The molecule has 0 atom stereocenters. The highest BCUT2D eigenvalue weighted by Crippen LogP contribution is 2.16. The summed E-state index contributed by atoms with van der Waals surface area (Å²) in [6.07, 6.45) is 2.23. The number of hydrogen-bond acceptors (Lipinski definition) is 2. The molecule has 100 valence electrons. The van der Waals surface area contributed by atoms with Crippen LogP contribution >= 0.6 is 0 Å². The van der Waals surface area contributed by atoms with Crippen LogP contribution in [0.2, 0.25) is 0 Å². The summed E-state index contributed by atoms with van der Waals surface area (Å²) in [5.41, 5.74) is 1.95. The van der Waals surface area contributed by atoms with Crippen molar-refractivity contribution in [1.29, 1.82) is 0 Å². The molecule has 1 aromatic rings. The van der Waals surface area contributed by atoms with Crippen molar-refractivity contribution in [2.75, 3.05) is 10.6 Å². The lowest BCUT2D eigenvalue weighted by atomic mass is 10.1. The summed E-state index contributed by atoms with van der Waals surface area (Å²) in [4.78, 5) is 11.5. The van der Waals surface area contributed by atoms with E-state index in [-0.39, 0.29) is 11.8 Å². The molecule has 0 unspecified atom stereocenters. The maximum atomic E-state index is 11.5. The molecule has 0 spiro atoms. The van der Waals surface area contributed by atoms with E-state index in [2.05, 4.69) is 24.5 Å². The zero-order chi connectivity index (χ0) is 13.5. The Hall–Kier alpha value is -1.51. The molecular weight excluding hydrogens is 224 g/mol. The van der Waals surface area contributed by atoms with E-state index in [1.54, 1.807) is 0 Å². The SMILES string of the molecule is CCC(CC)Nc1ccc(NC(=O)C(C)C)cc1. The van der Waals surface area contributed by atoms with Crippen LogP contribution in [-0.2, 0) is 4.79 Å². The van der Waals surface area contributed by atoms with E-state index in [1.165, 1.54) is 0 Å². The summed E-state index contributed by atoms with van der Waals surface area (Å²) >= 11 is 0. The lowest BCUT2D eigenvalue weighted by molar-refractivity contribution is -0.118. The quantitative estimate of drug-likeness (QED) is 0.802. The fourth-order valence-electron chi connectivity index (χ4n) is 1.66. The van der Waals surface area contributed by atoms with Gasteiger partial charge in [0, 0.05) is 23.3 Å². The van der Waals surface area contributed by atoms with Crippen molar-refractivity contribution < 1.29 is 4.79 Å². The molecule has 0 fully saturated rings. The molecule has 0 aliphatic heterocycles. The normalized spacial score (nSPS) is 10.8. The Kier molecular flexibility index (Phi) is 5.69. The van der Waals surface area contributed by atoms with Gasteiger partial charge in [0.2, 0.25) is 5.91 Å². The Bertz CT molecular complexity index is 367. The maximum absolute atomic E-state index is 11.5. The molecule has 18 heavy (non-hydrogen) atoms. The summed E-state index contributed by atoms with van der Waals surface area (Å²) in [5, 5.41) is 6.35. The number of carbonyl (C=O) groups is 1. The van der Waals surface area contributed by atoms with Gasteiger partial charge in [0.05, 0.1) is 0 Å². The molecule has 1 rings (SSSR count). The molecule has 1 amide bonds. The van der Waals surface area contributed by atoms with Crippen molar-refractivity contribution in [3.8, 4) is 0 Å². The van der Waals surface area contributed by atoms with Crippen LogP contribution in [-0.4, -0.2) is 11.9 Å². The average Bonchev–Trinajstić information content (AvgIpc) is 2.37. The number of hydrogen-bond donors (Lipinski definition) is 2. The van der Waals surface area contributed by atoms with Gasteiger partial charge in [-0.1, -0.05) is 27.7 Å². The molecular formula is C15H24N2O. The van der Waals surface area contributed by atoms with Gasteiger partial charge in [0.1, 0.15) is 0 Å². The van der Waals surface area contributed by atoms with E-state index >= 15 is 0 Å². The molecule has 0 bridgehead atoms. The molecule has 0 aliphatic rings. The zero-order valence-electron chi connectivity index (χ0n) is 11.8. The van der Waals surface area contributed by atoms with Crippen LogP contribution in [0.15, 0.2) is 24.3 Å². The molecule has 2 N–H and O–H groups in total. The highest BCUT2D eigenvalue weighted by atomic mass is 16.1. The summed E-state index contributed by atoms with van der Waals surface area (Å²) in [5.74, 6) is 0.0584. The lowest BCUT2D eigenvalue weighted by Crippen LogP contribution is -2.18. The van der Waals surface area contributed by atoms with Crippen molar-refractivity contribution >= 4 is 17.3 Å². The van der Waals surface area contributed by atoms with Gasteiger partial charge in [-0.3, -0.25) is 4.79 Å². The van der Waals surface area contributed by atoms with Gasteiger partial charge in [-0.05, 0) is 37.1 Å². The van der Waals surface area contributed by atoms with Crippen molar-refractivity contribution in [3.05, 3.63) is 24.3 Å². The third-order valence-corrected chi connectivity index (χ3v) is 3.03. The molecule has 0 aliphatic carbocycles. The van der Waals surface area contributed by atoms with E-state index in [4.69, 9.17) is 0 Å². The second kappa shape index (κ2) is 7.04. The molecule has 0 heterocycles. The fraction of sp³-hybridized carbons (Fsp3) is 0.533. The Morgan fingerprint density at radius 2 is 1.56 bits per heavy atom. The van der Waals surface area contributed by atoms with Crippen LogP contribution in [0.1, 0.15) is 40.5 Å². The summed E-state index contributed by atoms with van der Waals surface area (Å²) in [7, 11) is 0. The van der Waals surface area contributed by atoms with Gasteiger partial charge >= 0.3 is 0 Å². The first-order chi connectivity index (χ1) is 8.56. The largest absolute Gasteiger partial charge is 0.382 e. The van der Waals surface area contributed by atoms with Crippen LogP contribution in [0.5, 0.6) is 0 Å². The van der Waals surface area contributed by atoms with E-state index in [1.807, 2.05) is 38.1 Å². The van der Waals surface area contributed by atoms with E-state index in [0.717, 1.165) is 24.2 Å². The predicted molar refractivity (Wildman–Crippen MR) is 77.9 cm³/mol. The molecule has 0 saturated carbocycles. The third kappa shape index (κ3) is 4.40. The number of benzene rings is 1. The van der Waals surface area contributed by atoms with Gasteiger partial charge in [0.15, 0.2) is 0 Å². The number of rotatable bonds is 6. The highest BCUT2D eigenvalue weighted by molar-refractivity contribution is 5.92. The third-order valence-electron chi connectivity index (χ3n) is 3.03. The first-order valence-electron chi connectivity index (χ1n) is 6.74. The molecule has 0 aromatic heterocycles. The molecule has 3 nitrogen and oxygen atoms in total. The molecule has 0 radical (unpaired) electrons. The molecule has 3 heteroatoms. The Labute approximate surface area is 110 Å². The first kappa shape index (κ1) is 14.6. The number of nitrogens with one attached hydrogen (secondary N) is 2. The monoisotopic (exact) mass is 248 g/mol. The van der Waals surface area contributed by atoms with Crippen molar-refractivity contribution in [3.63, 3.8) is 0 Å². The standard InChI is InChI=1S/C15H24N2O/c1-5-12(6-2)16-13-7-9-14(10-8-13)17-15(18)11(3)4/h7-12,16H,5-6H2,1-4H3,(H,17,18). The van der Waals surface area contributed by atoms with Crippen LogP contribution in [0.25, 0.3) is 0 Å². The number of amides is 1. The fourth-order valence-corrected chi connectivity index (χ4v) is 1.66. The zero-order valence-corrected chi connectivity index (χ0v) is 11.8. The minimum atomic E-state index is 0.00682. The smallest absolute Gasteiger partial charge is 0.226 e. The summed E-state index contributed by atoms with van der Waals surface area (Å²) in [6.45, 7) is 8.13. The minimum absolute atomic E-state index is 0.00682. The number of carbonyl (C=O) groups excluding carboxylic acids is 1. The minimum Gasteiger partial charge on any atom is -0.382 e. The van der Waals surface area contributed by atoms with Crippen LogP contribution in [0.3, 0.4) is 0 Å². The topological polar surface area (TPSA) is 41.1 Å².